The summed E-state index contributed by atoms with van der Waals surface area (Å²) >= 11 is 1.41. The second-order valence-electron chi connectivity index (χ2n) is 6.48. The normalized spacial score (nSPS) is 14.4. The number of para-hydroxylation sites is 1. The highest BCUT2D eigenvalue weighted by atomic mass is 32.1. The minimum absolute atomic E-state index is 0.111. The van der Waals surface area contributed by atoms with Gasteiger partial charge in [0.25, 0.3) is 5.91 Å². The molecular weight excluding hydrogens is 360 g/mol. The summed E-state index contributed by atoms with van der Waals surface area (Å²) in [6.07, 6.45) is 0.566. The predicted octanol–water partition coefficient (Wildman–Crippen LogP) is 4.03. The van der Waals surface area contributed by atoms with Crippen molar-refractivity contribution >= 4 is 49.9 Å². The fourth-order valence-electron chi connectivity index (χ4n) is 2.95. The molecule has 136 valence electrons. The summed E-state index contributed by atoms with van der Waals surface area (Å²) in [4.78, 5) is 29.5. The lowest BCUT2D eigenvalue weighted by atomic mass is 10.1. The summed E-state index contributed by atoms with van der Waals surface area (Å²) in [7, 11) is 0. The molecule has 0 aliphatic carbocycles. The molecule has 1 aliphatic heterocycles. The van der Waals surface area contributed by atoms with Crippen molar-refractivity contribution in [3.05, 3.63) is 53.6 Å². The van der Waals surface area contributed by atoms with Gasteiger partial charge in [-0.05, 0) is 43.2 Å². The first kappa shape index (κ1) is 17.4. The predicted molar refractivity (Wildman–Crippen MR) is 108 cm³/mol. The molecule has 0 saturated carbocycles. The Hall–Kier alpha value is -3.06. The molecule has 0 bridgehead atoms. The number of carbonyl (C=O) groups is 2. The number of hydrazone groups is 1. The third kappa shape index (κ3) is 3.46. The minimum Gasteiger partial charge on any atom is -0.297 e. The number of rotatable bonds is 3. The van der Waals surface area contributed by atoms with Crippen LogP contribution in [0.4, 0.5) is 10.8 Å². The van der Waals surface area contributed by atoms with Gasteiger partial charge in [0.15, 0.2) is 5.13 Å². The van der Waals surface area contributed by atoms with Crippen LogP contribution in [0.25, 0.3) is 10.2 Å². The highest BCUT2D eigenvalue weighted by molar-refractivity contribution is 7.22. The largest absolute Gasteiger partial charge is 0.297 e. The Labute approximate surface area is 160 Å². The summed E-state index contributed by atoms with van der Waals surface area (Å²) < 4.78 is 1.01. The fraction of sp³-hybridized carbons (Fsp3) is 0.200. The fourth-order valence-corrected chi connectivity index (χ4v) is 3.81. The van der Waals surface area contributed by atoms with Gasteiger partial charge < -0.3 is 0 Å². The van der Waals surface area contributed by atoms with Crippen molar-refractivity contribution in [1.29, 1.82) is 0 Å². The van der Waals surface area contributed by atoms with Crippen LogP contribution in [0.2, 0.25) is 0 Å². The van der Waals surface area contributed by atoms with E-state index in [0.29, 0.717) is 23.0 Å². The first-order chi connectivity index (χ1) is 13.0. The number of thiazole rings is 1. The van der Waals surface area contributed by atoms with Gasteiger partial charge in [-0.2, -0.15) is 5.10 Å². The van der Waals surface area contributed by atoms with E-state index in [1.165, 1.54) is 16.3 Å². The number of hydrogen-bond acceptors (Lipinski definition) is 5. The zero-order valence-electron chi connectivity index (χ0n) is 15.0. The first-order valence-corrected chi connectivity index (χ1v) is 9.47. The molecule has 7 heteroatoms. The zero-order valence-corrected chi connectivity index (χ0v) is 15.8. The summed E-state index contributed by atoms with van der Waals surface area (Å²) in [5.74, 6) is -0.433. The number of hydrogen-bond donors (Lipinski definition) is 1. The third-order valence-corrected chi connectivity index (χ3v) is 5.35. The Bertz CT molecular complexity index is 1050. The Morgan fingerprint density at radius 1 is 1.15 bits per heavy atom. The molecule has 0 spiro atoms. The summed E-state index contributed by atoms with van der Waals surface area (Å²) in [5.41, 5.74) is 3.85. The van der Waals surface area contributed by atoms with Crippen LogP contribution in [-0.4, -0.2) is 22.5 Å². The van der Waals surface area contributed by atoms with Gasteiger partial charge in [0.1, 0.15) is 5.71 Å². The van der Waals surface area contributed by atoms with Crippen molar-refractivity contribution in [2.75, 3.05) is 10.3 Å². The van der Waals surface area contributed by atoms with E-state index in [9.17, 15) is 9.59 Å². The maximum atomic E-state index is 12.7. The lowest BCUT2D eigenvalue weighted by molar-refractivity contribution is -0.118. The van der Waals surface area contributed by atoms with Crippen LogP contribution in [0.15, 0.2) is 47.6 Å². The molecule has 27 heavy (non-hydrogen) atoms. The van der Waals surface area contributed by atoms with Crippen LogP contribution < -0.4 is 10.3 Å². The summed E-state index contributed by atoms with van der Waals surface area (Å²) in [6, 6.07) is 13.5. The molecule has 0 saturated heterocycles. The Morgan fingerprint density at radius 3 is 2.78 bits per heavy atom. The van der Waals surface area contributed by atoms with Gasteiger partial charge >= 0.3 is 0 Å². The van der Waals surface area contributed by atoms with Crippen LogP contribution in [0, 0.1) is 13.8 Å². The van der Waals surface area contributed by atoms with E-state index in [0.717, 1.165) is 21.3 Å². The maximum absolute atomic E-state index is 12.7. The highest BCUT2D eigenvalue weighted by Gasteiger charge is 2.27. The molecule has 2 aromatic carbocycles. The number of carbonyl (C=O) groups excluding carboxylic acids is 2. The molecule has 2 amide bonds. The monoisotopic (exact) mass is 378 g/mol. The highest BCUT2D eigenvalue weighted by Crippen LogP contribution is 2.27. The number of anilines is 2. The van der Waals surface area contributed by atoms with Crippen LogP contribution in [0.5, 0.6) is 0 Å². The number of amides is 2. The Balaban J connectivity index is 1.61. The molecule has 0 fully saturated rings. The van der Waals surface area contributed by atoms with Crippen molar-refractivity contribution in [1.82, 2.24) is 4.98 Å². The molecule has 1 N–H and O–H groups in total. The lowest BCUT2D eigenvalue weighted by Crippen LogP contribution is -2.36. The second kappa shape index (κ2) is 6.92. The first-order valence-electron chi connectivity index (χ1n) is 8.66. The Kier molecular flexibility index (Phi) is 4.45. The van der Waals surface area contributed by atoms with Gasteiger partial charge in [-0.3, -0.25) is 14.9 Å². The number of aromatic nitrogens is 1. The molecule has 0 atom stereocenters. The van der Waals surface area contributed by atoms with Gasteiger partial charge in [0.2, 0.25) is 5.91 Å². The van der Waals surface area contributed by atoms with Crippen LogP contribution in [0.3, 0.4) is 0 Å². The molecule has 2 heterocycles. The molecule has 0 radical (unpaired) electrons. The van der Waals surface area contributed by atoms with Gasteiger partial charge in [-0.25, -0.2) is 9.99 Å². The molecule has 6 nitrogen and oxygen atoms in total. The number of aryl methyl sites for hydroxylation is 2. The van der Waals surface area contributed by atoms with E-state index in [2.05, 4.69) is 15.4 Å². The molecular formula is C20H18N4O2S. The van der Waals surface area contributed by atoms with E-state index in [4.69, 9.17) is 0 Å². The van der Waals surface area contributed by atoms with E-state index >= 15 is 0 Å². The topological polar surface area (TPSA) is 74.7 Å². The molecule has 4 rings (SSSR count). The second-order valence-corrected chi connectivity index (χ2v) is 7.51. The Morgan fingerprint density at radius 2 is 1.96 bits per heavy atom. The van der Waals surface area contributed by atoms with Gasteiger partial charge in [0, 0.05) is 12.8 Å². The number of fused-ring (bicyclic) bond motifs is 1. The average molecular weight is 378 g/mol. The standard InChI is InChI=1S/C20H18N4O2S/c1-12-7-8-13(2)16(11-12)24-18(25)10-9-15(23-24)19(26)22-20-21-14-5-3-4-6-17(14)27-20/h3-8,11H,9-10H2,1-2H3,(H,21,22,26). The quantitative estimate of drug-likeness (QED) is 0.747. The van der Waals surface area contributed by atoms with Crippen molar-refractivity contribution in [3.8, 4) is 0 Å². The average Bonchev–Trinajstić information content (AvgIpc) is 3.06. The summed E-state index contributed by atoms with van der Waals surface area (Å²) in [6.45, 7) is 3.88. The lowest BCUT2D eigenvalue weighted by Gasteiger charge is -2.24. The van der Waals surface area contributed by atoms with E-state index < -0.39 is 0 Å². The van der Waals surface area contributed by atoms with E-state index in [-0.39, 0.29) is 18.2 Å². The SMILES string of the molecule is Cc1ccc(C)c(N2N=C(C(=O)Nc3nc4ccccc4s3)CCC2=O)c1. The van der Waals surface area contributed by atoms with E-state index in [1.54, 1.807) is 0 Å². The van der Waals surface area contributed by atoms with Gasteiger partial charge in [0.05, 0.1) is 15.9 Å². The number of nitrogens with zero attached hydrogens (tertiary/aromatic N) is 3. The van der Waals surface area contributed by atoms with Gasteiger partial charge in [-0.15, -0.1) is 0 Å². The van der Waals surface area contributed by atoms with Crippen LogP contribution in [-0.2, 0) is 9.59 Å². The minimum atomic E-state index is -0.322. The van der Waals surface area contributed by atoms with Crippen molar-refractivity contribution < 1.29 is 9.59 Å². The summed E-state index contributed by atoms with van der Waals surface area (Å²) in [5, 5.41) is 9.04. The number of benzene rings is 2. The van der Waals surface area contributed by atoms with Crippen LogP contribution >= 0.6 is 11.3 Å². The molecule has 1 aliphatic rings. The van der Waals surface area contributed by atoms with Crippen LogP contribution in [0.1, 0.15) is 24.0 Å². The van der Waals surface area contributed by atoms with E-state index in [1.807, 2.05) is 56.3 Å². The van der Waals surface area contributed by atoms with Crippen molar-refractivity contribution in [3.63, 3.8) is 0 Å². The zero-order chi connectivity index (χ0) is 19.0. The number of nitrogens with one attached hydrogen (secondary N) is 1. The maximum Gasteiger partial charge on any atom is 0.273 e. The third-order valence-electron chi connectivity index (χ3n) is 4.40. The molecule has 3 aromatic rings. The molecule has 0 unspecified atom stereocenters. The molecule has 1 aromatic heterocycles. The van der Waals surface area contributed by atoms with Crippen molar-refractivity contribution in [2.45, 2.75) is 26.7 Å². The smallest absolute Gasteiger partial charge is 0.273 e. The van der Waals surface area contributed by atoms with Gasteiger partial charge in [-0.1, -0.05) is 35.6 Å². The van der Waals surface area contributed by atoms with Crippen molar-refractivity contribution in [2.24, 2.45) is 5.10 Å².